The summed E-state index contributed by atoms with van der Waals surface area (Å²) in [6.07, 6.45) is -4.06. The number of carbonyl (C=O) groups is 1. The third-order valence-corrected chi connectivity index (χ3v) is 4.62. The highest BCUT2D eigenvalue weighted by Crippen LogP contribution is 2.30. The van der Waals surface area contributed by atoms with Gasteiger partial charge < -0.3 is 5.32 Å². The molecule has 1 aromatic heterocycles. The van der Waals surface area contributed by atoms with Gasteiger partial charge >= 0.3 is 6.18 Å². The Labute approximate surface area is 161 Å². The second kappa shape index (κ2) is 7.62. The Morgan fingerprint density at radius 1 is 1.07 bits per heavy atom. The van der Waals surface area contributed by atoms with Gasteiger partial charge in [0.2, 0.25) is 0 Å². The first-order chi connectivity index (χ1) is 13.2. The van der Waals surface area contributed by atoms with Crippen molar-refractivity contribution in [3.05, 3.63) is 77.5 Å². The molecule has 1 atom stereocenters. The van der Waals surface area contributed by atoms with Crippen LogP contribution in [0.5, 0.6) is 0 Å². The largest absolute Gasteiger partial charge is 0.391 e. The molecule has 0 saturated carbocycles. The van der Waals surface area contributed by atoms with E-state index in [1.807, 2.05) is 25.1 Å². The van der Waals surface area contributed by atoms with Crippen molar-refractivity contribution in [1.29, 1.82) is 0 Å². The molecule has 1 N–H and O–H groups in total. The number of aromatic nitrogens is 1. The van der Waals surface area contributed by atoms with E-state index in [-0.39, 0.29) is 12.0 Å². The number of hydrogen-bond acceptors (Lipinski definition) is 2. The number of carbonyl (C=O) groups excluding carboxylic acids is 1. The molecule has 0 radical (unpaired) electrons. The van der Waals surface area contributed by atoms with Gasteiger partial charge in [-0.05, 0) is 37.5 Å². The molecule has 0 aliphatic heterocycles. The van der Waals surface area contributed by atoms with Crippen molar-refractivity contribution in [2.45, 2.75) is 38.4 Å². The summed E-state index contributed by atoms with van der Waals surface area (Å²) in [7, 11) is 0. The minimum Gasteiger partial charge on any atom is -0.346 e. The predicted octanol–water partition coefficient (Wildman–Crippen LogP) is 5.23. The zero-order valence-electron chi connectivity index (χ0n) is 15.7. The molecule has 0 aliphatic rings. The standard InChI is InChI=1S/C22H21F3N2O/c1-15-7-6-10-17-11-18(13-26-19(15)17)20(28)27-21(2,14-22(23,24)25)12-16-8-4-3-5-9-16/h3-11,13H,12,14H2,1-2H3,(H,27,28). The number of pyridine rings is 1. The van der Waals surface area contributed by atoms with Gasteiger partial charge in [-0.3, -0.25) is 9.78 Å². The van der Waals surface area contributed by atoms with Crippen molar-refractivity contribution in [3.63, 3.8) is 0 Å². The van der Waals surface area contributed by atoms with Crippen molar-refractivity contribution in [2.75, 3.05) is 0 Å². The van der Waals surface area contributed by atoms with Crippen LogP contribution in [0.2, 0.25) is 0 Å². The minimum atomic E-state index is -4.41. The SMILES string of the molecule is Cc1cccc2cc(C(=O)NC(C)(Cc3ccccc3)CC(F)(F)F)cnc12. The lowest BCUT2D eigenvalue weighted by Crippen LogP contribution is -2.50. The van der Waals surface area contributed by atoms with Gasteiger partial charge in [0.25, 0.3) is 5.91 Å². The van der Waals surface area contributed by atoms with E-state index in [9.17, 15) is 18.0 Å². The average Bonchev–Trinajstić information content (AvgIpc) is 2.60. The first-order valence-electron chi connectivity index (χ1n) is 8.94. The molecular formula is C22H21F3N2O. The van der Waals surface area contributed by atoms with Gasteiger partial charge in [-0.15, -0.1) is 0 Å². The third kappa shape index (κ3) is 4.88. The van der Waals surface area contributed by atoms with Crippen LogP contribution >= 0.6 is 0 Å². The number of hydrogen-bond donors (Lipinski definition) is 1. The van der Waals surface area contributed by atoms with Crippen molar-refractivity contribution in [3.8, 4) is 0 Å². The van der Waals surface area contributed by atoms with Crippen molar-refractivity contribution < 1.29 is 18.0 Å². The lowest BCUT2D eigenvalue weighted by atomic mass is 9.88. The number of amides is 1. The average molecular weight is 386 g/mol. The summed E-state index contributed by atoms with van der Waals surface area (Å²) in [6, 6.07) is 16.1. The molecular weight excluding hydrogens is 365 g/mol. The lowest BCUT2D eigenvalue weighted by molar-refractivity contribution is -0.147. The fourth-order valence-corrected chi connectivity index (χ4v) is 3.42. The Kier molecular flexibility index (Phi) is 5.40. The summed E-state index contributed by atoms with van der Waals surface area (Å²) in [4.78, 5) is 17.1. The first-order valence-corrected chi connectivity index (χ1v) is 8.94. The molecule has 3 rings (SSSR count). The highest BCUT2D eigenvalue weighted by molar-refractivity contribution is 5.98. The number of alkyl halides is 3. The molecule has 3 aromatic rings. The molecule has 3 nitrogen and oxygen atoms in total. The number of para-hydroxylation sites is 1. The molecule has 1 unspecified atom stereocenters. The maximum Gasteiger partial charge on any atom is 0.391 e. The summed E-state index contributed by atoms with van der Waals surface area (Å²) in [6.45, 7) is 3.33. The van der Waals surface area contributed by atoms with E-state index in [0.717, 1.165) is 22.0 Å². The topological polar surface area (TPSA) is 42.0 Å². The van der Waals surface area contributed by atoms with Crippen LogP contribution in [0.15, 0.2) is 60.8 Å². The Hall–Kier alpha value is -2.89. The third-order valence-electron chi connectivity index (χ3n) is 4.62. The molecule has 2 aromatic carbocycles. The van der Waals surface area contributed by atoms with Crippen LogP contribution in [0.25, 0.3) is 10.9 Å². The fourth-order valence-electron chi connectivity index (χ4n) is 3.42. The molecule has 0 fully saturated rings. The highest BCUT2D eigenvalue weighted by atomic mass is 19.4. The van der Waals surface area contributed by atoms with Crippen LogP contribution in [0.1, 0.15) is 34.8 Å². The number of aryl methyl sites for hydroxylation is 1. The lowest BCUT2D eigenvalue weighted by Gasteiger charge is -2.32. The predicted molar refractivity (Wildman–Crippen MR) is 103 cm³/mol. The maximum atomic E-state index is 13.2. The smallest absolute Gasteiger partial charge is 0.346 e. The number of benzene rings is 2. The first kappa shape index (κ1) is 19.9. The van der Waals surface area contributed by atoms with E-state index < -0.39 is 24.0 Å². The van der Waals surface area contributed by atoms with Crippen LogP contribution < -0.4 is 5.32 Å². The van der Waals surface area contributed by atoms with Crippen molar-refractivity contribution in [2.24, 2.45) is 0 Å². The van der Waals surface area contributed by atoms with Gasteiger partial charge in [-0.2, -0.15) is 13.2 Å². The Bertz CT molecular complexity index is 986. The summed E-state index contributed by atoms with van der Waals surface area (Å²) >= 11 is 0. The summed E-state index contributed by atoms with van der Waals surface area (Å²) < 4.78 is 39.6. The number of nitrogens with one attached hydrogen (secondary N) is 1. The molecule has 0 saturated heterocycles. The molecule has 1 heterocycles. The Balaban J connectivity index is 1.88. The van der Waals surface area contributed by atoms with E-state index in [4.69, 9.17) is 0 Å². The zero-order chi connectivity index (χ0) is 20.4. The monoisotopic (exact) mass is 386 g/mol. The van der Waals surface area contributed by atoms with Gasteiger partial charge in [0.1, 0.15) is 0 Å². The van der Waals surface area contributed by atoms with E-state index in [2.05, 4.69) is 10.3 Å². The minimum absolute atomic E-state index is 0.0687. The van der Waals surface area contributed by atoms with Gasteiger partial charge in [0.15, 0.2) is 0 Å². The van der Waals surface area contributed by atoms with E-state index in [1.54, 1.807) is 36.4 Å². The molecule has 146 valence electrons. The van der Waals surface area contributed by atoms with E-state index in [1.165, 1.54) is 13.1 Å². The Morgan fingerprint density at radius 3 is 2.46 bits per heavy atom. The second-order valence-electron chi connectivity index (χ2n) is 7.34. The van der Waals surface area contributed by atoms with Crippen molar-refractivity contribution >= 4 is 16.8 Å². The fraction of sp³-hybridized carbons (Fsp3) is 0.273. The van der Waals surface area contributed by atoms with Gasteiger partial charge in [0, 0.05) is 11.6 Å². The summed E-state index contributed by atoms with van der Waals surface area (Å²) in [5, 5.41) is 3.37. The second-order valence-corrected chi connectivity index (χ2v) is 7.34. The van der Waals surface area contributed by atoms with Crippen LogP contribution in [-0.4, -0.2) is 22.6 Å². The Morgan fingerprint density at radius 2 is 1.79 bits per heavy atom. The van der Waals surface area contributed by atoms with Crippen LogP contribution in [0.3, 0.4) is 0 Å². The number of rotatable bonds is 5. The van der Waals surface area contributed by atoms with Crippen LogP contribution in [-0.2, 0) is 6.42 Å². The normalized spacial score (nSPS) is 13.9. The quantitative estimate of drug-likeness (QED) is 0.653. The van der Waals surface area contributed by atoms with Gasteiger partial charge in [0.05, 0.1) is 23.0 Å². The van der Waals surface area contributed by atoms with E-state index >= 15 is 0 Å². The van der Waals surface area contributed by atoms with Gasteiger partial charge in [-0.1, -0.05) is 48.5 Å². The molecule has 28 heavy (non-hydrogen) atoms. The molecule has 6 heteroatoms. The van der Waals surface area contributed by atoms with Gasteiger partial charge in [-0.25, -0.2) is 0 Å². The number of nitrogens with zero attached hydrogens (tertiary/aromatic N) is 1. The summed E-state index contributed by atoms with van der Waals surface area (Å²) in [5.41, 5.74) is 1.22. The zero-order valence-corrected chi connectivity index (χ0v) is 15.7. The molecule has 0 spiro atoms. The van der Waals surface area contributed by atoms with Crippen LogP contribution in [0.4, 0.5) is 13.2 Å². The summed E-state index contributed by atoms with van der Waals surface area (Å²) in [5.74, 6) is -0.571. The molecule has 0 aliphatic carbocycles. The molecule has 0 bridgehead atoms. The maximum absolute atomic E-state index is 13.2. The number of halogens is 3. The number of fused-ring (bicyclic) bond motifs is 1. The van der Waals surface area contributed by atoms with E-state index in [0.29, 0.717) is 0 Å². The van der Waals surface area contributed by atoms with Crippen LogP contribution in [0, 0.1) is 6.92 Å². The molecule has 1 amide bonds. The van der Waals surface area contributed by atoms with Crippen molar-refractivity contribution in [1.82, 2.24) is 10.3 Å². The highest BCUT2D eigenvalue weighted by Gasteiger charge is 2.40.